The molecule has 8 nitrogen and oxygen atoms in total. The zero-order valence-corrected chi connectivity index (χ0v) is 20.1. The molecule has 1 aromatic carbocycles. The largest absolute Gasteiger partial charge is 0.396 e. The van der Waals surface area contributed by atoms with Crippen LogP contribution in [-0.2, 0) is 26.6 Å². The van der Waals surface area contributed by atoms with Crippen LogP contribution in [0.1, 0.15) is 31.4 Å². The molecular formula is C25H28N4O4S. The molecule has 0 bridgehead atoms. The van der Waals surface area contributed by atoms with Crippen LogP contribution in [0.15, 0.2) is 53.8 Å². The van der Waals surface area contributed by atoms with Crippen molar-refractivity contribution in [3.8, 4) is 11.3 Å². The van der Waals surface area contributed by atoms with Crippen molar-refractivity contribution < 1.29 is 19.2 Å². The fourth-order valence-electron chi connectivity index (χ4n) is 4.45. The third-order valence-electron chi connectivity index (χ3n) is 6.44. The van der Waals surface area contributed by atoms with Gasteiger partial charge in [0.2, 0.25) is 5.95 Å². The Morgan fingerprint density at radius 1 is 1.15 bits per heavy atom. The van der Waals surface area contributed by atoms with Gasteiger partial charge in [0, 0.05) is 53.6 Å². The van der Waals surface area contributed by atoms with E-state index in [9.17, 15) is 9.32 Å². The summed E-state index contributed by atoms with van der Waals surface area (Å²) in [7, 11) is -1.18. The number of nitrogens with zero attached hydrogens (tertiary/aromatic N) is 4. The van der Waals surface area contributed by atoms with E-state index in [1.165, 1.54) is 0 Å². The van der Waals surface area contributed by atoms with Crippen LogP contribution < -0.4 is 4.90 Å². The quantitative estimate of drug-likeness (QED) is 0.531. The number of fused-ring (bicyclic) bond motifs is 2. The highest BCUT2D eigenvalue weighted by Gasteiger charge is 2.49. The van der Waals surface area contributed by atoms with Crippen LogP contribution in [0.4, 0.5) is 11.6 Å². The number of hydrogen-bond donors (Lipinski definition) is 2. The van der Waals surface area contributed by atoms with Crippen molar-refractivity contribution in [2.24, 2.45) is 0 Å². The number of benzene rings is 1. The van der Waals surface area contributed by atoms with Crippen molar-refractivity contribution in [2.75, 3.05) is 37.0 Å². The number of anilines is 2. The van der Waals surface area contributed by atoms with Gasteiger partial charge in [0.25, 0.3) is 0 Å². The van der Waals surface area contributed by atoms with Gasteiger partial charge in [0.05, 0.1) is 40.7 Å². The van der Waals surface area contributed by atoms with E-state index >= 15 is 0 Å². The first-order valence-corrected chi connectivity index (χ1v) is 12.6. The monoisotopic (exact) mass is 480 g/mol. The maximum atomic E-state index is 12.7. The molecule has 2 aromatic heterocycles. The highest BCUT2D eigenvalue weighted by Crippen LogP contribution is 2.48. The molecular weight excluding hydrogens is 452 g/mol. The predicted octanol–water partition coefficient (Wildman–Crippen LogP) is 2.68. The van der Waals surface area contributed by atoms with Crippen molar-refractivity contribution in [2.45, 2.75) is 36.2 Å². The van der Waals surface area contributed by atoms with E-state index in [2.05, 4.69) is 19.9 Å². The minimum atomic E-state index is -1.18. The normalized spacial score (nSPS) is 17.5. The van der Waals surface area contributed by atoms with Crippen LogP contribution in [-0.4, -0.2) is 61.5 Å². The second-order valence-corrected chi connectivity index (χ2v) is 11.0. The molecule has 2 N–H and O–H groups in total. The fraction of sp³-hybridized carbons (Fsp3) is 0.400. The van der Waals surface area contributed by atoms with Crippen LogP contribution in [0, 0.1) is 0 Å². The summed E-state index contributed by atoms with van der Waals surface area (Å²) in [5.41, 5.74) is 3.26. The Morgan fingerprint density at radius 2 is 1.91 bits per heavy atom. The lowest BCUT2D eigenvalue weighted by atomic mass is 9.81. The summed E-state index contributed by atoms with van der Waals surface area (Å²) >= 11 is 0. The van der Waals surface area contributed by atoms with E-state index in [0.29, 0.717) is 43.6 Å². The van der Waals surface area contributed by atoms with Crippen molar-refractivity contribution >= 4 is 22.4 Å². The minimum Gasteiger partial charge on any atom is -0.396 e. The molecule has 34 heavy (non-hydrogen) atoms. The highest BCUT2D eigenvalue weighted by atomic mass is 32.2. The van der Waals surface area contributed by atoms with Crippen LogP contribution >= 0.6 is 0 Å². The lowest BCUT2D eigenvalue weighted by Crippen LogP contribution is -2.49. The number of pyridine rings is 1. The van der Waals surface area contributed by atoms with Crippen LogP contribution in [0.2, 0.25) is 0 Å². The molecule has 1 saturated heterocycles. The van der Waals surface area contributed by atoms with E-state index < -0.39 is 16.4 Å². The Morgan fingerprint density at radius 3 is 2.56 bits per heavy atom. The lowest BCUT2D eigenvalue weighted by molar-refractivity contribution is -0.0507. The summed E-state index contributed by atoms with van der Waals surface area (Å²) in [5, 5.41) is 19.4. The molecule has 1 spiro atoms. The molecule has 4 heterocycles. The van der Waals surface area contributed by atoms with E-state index in [-0.39, 0.29) is 12.0 Å². The minimum absolute atomic E-state index is 0.0248. The number of aliphatic hydroxyl groups is 2. The average molecular weight is 481 g/mol. The molecule has 2 aliphatic heterocycles. The Hall–Kier alpha value is -2.72. The van der Waals surface area contributed by atoms with Crippen molar-refractivity contribution in [1.82, 2.24) is 15.0 Å². The van der Waals surface area contributed by atoms with E-state index in [1.54, 1.807) is 38.5 Å². The number of aromatic nitrogens is 3. The van der Waals surface area contributed by atoms with E-state index in [4.69, 9.17) is 9.84 Å². The van der Waals surface area contributed by atoms with E-state index in [0.717, 1.165) is 27.3 Å². The molecule has 3 aromatic rings. The molecule has 1 fully saturated rings. The second kappa shape index (κ2) is 8.81. The van der Waals surface area contributed by atoms with Crippen molar-refractivity contribution in [3.63, 3.8) is 0 Å². The Kier molecular flexibility index (Phi) is 5.97. The second-order valence-electron chi connectivity index (χ2n) is 9.43. The van der Waals surface area contributed by atoms with Crippen LogP contribution in [0.3, 0.4) is 0 Å². The van der Waals surface area contributed by atoms with Gasteiger partial charge in [-0.1, -0.05) is 6.07 Å². The SMILES string of the molecule is CC(C)(O)c1ccnc(-c2cnc(N3CC4(COC4)c4ccc(S(=O)CCCO)cc43)nc2)c1. The van der Waals surface area contributed by atoms with Gasteiger partial charge in [-0.05, 0) is 55.7 Å². The molecule has 2 aliphatic rings. The van der Waals surface area contributed by atoms with Gasteiger partial charge in [-0.3, -0.25) is 9.19 Å². The first-order valence-electron chi connectivity index (χ1n) is 11.3. The number of aliphatic hydroxyl groups excluding tert-OH is 1. The maximum Gasteiger partial charge on any atom is 0.229 e. The van der Waals surface area contributed by atoms with Gasteiger partial charge in [-0.15, -0.1) is 0 Å². The van der Waals surface area contributed by atoms with Gasteiger partial charge in [-0.2, -0.15) is 0 Å². The standard InChI is InChI=1S/C25H28N4O4S/c1-24(2,31)18-6-7-26-21(10-18)17-12-27-23(28-13-17)29-14-25(15-33-16-25)20-5-4-19(11-22(20)29)34(32)9-3-8-30/h4-7,10-13,30-31H,3,8-9,14-16H2,1-2H3. The Balaban J connectivity index is 1.46. The summed E-state index contributed by atoms with van der Waals surface area (Å²) in [6.07, 6.45) is 5.65. The first-order chi connectivity index (χ1) is 16.3. The molecule has 0 radical (unpaired) electrons. The Labute approximate surface area is 201 Å². The molecule has 9 heteroatoms. The van der Waals surface area contributed by atoms with Gasteiger partial charge < -0.3 is 19.8 Å². The van der Waals surface area contributed by atoms with Crippen molar-refractivity contribution in [1.29, 1.82) is 0 Å². The topological polar surface area (TPSA) is 109 Å². The number of hydrogen-bond acceptors (Lipinski definition) is 8. The summed E-state index contributed by atoms with van der Waals surface area (Å²) in [5.74, 6) is 0.983. The predicted molar refractivity (Wildman–Crippen MR) is 129 cm³/mol. The summed E-state index contributed by atoms with van der Waals surface area (Å²) < 4.78 is 18.3. The van der Waals surface area contributed by atoms with E-state index in [1.807, 2.05) is 24.3 Å². The summed E-state index contributed by atoms with van der Waals surface area (Å²) in [6.45, 7) is 5.46. The summed E-state index contributed by atoms with van der Waals surface area (Å²) in [4.78, 5) is 16.5. The number of ether oxygens (including phenoxy) is 1. The average Bonchev–Trinajstić information content (AvgIpc) is 3.17. The lowest BCUT2D eigenvalue weighted by Gasteiger charge is -2.38. The van der Waals surface area contributed by atoms with Gasteiger partial charge in [0.15, 0.2) is 0 Å². The van der Waals surface area contributed by atoms with Crippen LogP contribution in [0.25, 0.3) is 11.3 Å². The fourth-order valence-corrected chi connectivity index (χ4v) is 5.54. The molecule has 1 unspecified atom stereocenters. The third kappa shape index (κ3) is 4.13. The zero-order chi connectivity index (χ0) is 23.9. The Bertz CT molecular complexity index is 1220. The summed E-state index contributed by atoms with van der Waals surface area (Å²) in [6, 6.07) is 9.56. The highest BCUT2D eigenvalue weighted by molar-refractivity contribution is 7.85. The van der Waals surface area contributed by atoms with Gasteiger partial charge in [0.1, 0.15) is 0 Å². The van der Waals surface area contributed by atoms with Crippen LogP contribution in [0.5, 0.6) is 0 Å². The van der Waals surface area contributed by atoms with Gasteiger partial charge in [-0.25, -0.2) is 9.97 Å². The number of rotatable bonds is 7. The maximum absolute atomic E-state index is 12.7. The molecule has 0 amide bonds. The molecule has 178 valence electrons. The van der Waals surface area contributed by atoms with Gasteiger partial charge >= 0.3 is 0 Å². The molecule has 5 rings (SSSR count). The smallest absolute Gasteiger partial charge is 0.229 e. The van der Waals surface area contributed by atoms with Crippen molar-refractivity contribution in [3.05, 3.63) is 60.0 Å². The first kappa shape index (κ1) is 23.0. The third-order valence-corrected chi connectivity index (χ3v) is 7.88. The zero-order valence-electron chi connectivity index (χ0n) is 19.3. The molecule has 0 saturated carbocycles. The molecule has 0 aliphatic carbocycles. The molecule has 1 atom stereocenters.